The van der Waals surface area contributed by atoms with Crippen LogP contribution in [-0.4, -0.2) is 58.4 Å². The third kappa shape index (κ3) is 3.35. The van der Waals surface area contributed by atoms with Gasteiger partial charge in [-0.05, 0) is 25.1 Å². The maximum absolute atomic E-state index is 13.1. The van der Waals surface area contributed by atoms with Gasteiger partial charge in [0.1, 0.15) is 5.82 Å². The monoisotopic (exact) mass is 452 g/mol. The number of hydrogen-bond donors (Lipinski definition) is 0. The number of aryl methyl sites for hydroxylation is 1. The molecule has 3 heterocycles. The van der Waals surface area contributed by atoms with Crippen LogP contribution in [0, 0.1) is 17.0 Å². The molecule has 0 amide bonds. The fourth-order valence-corrected chi connectivity index (χ4v) is 5.51. The number of sulfonamides is 1. The Morgan fingerprint density at radius 1 is 1.00 bits per heavy atom. The minimum atomic E-state index is -3.83. The second kappa shape index (κ2) is 7.53. The summed E-state index contributed by atoms with van der Waals surface area (Å²) in [5, 5.41) is 16.5. The minimum Gasteiger partial charge on any atom is -0.353 e. The van der Waals surface area contributed by atoms with Gasteiger partial charge in [0.05, 0.1) is 21.0 Å². The van der Waals surface area contributed by atoms with E-state index in [2.05, 4.69) is 10.00 Å². The molecule has 2 aromatic heterocycles. The molecule has 0 spiro atoms. The van der Waals surface area contributed by atoms with E-state index >= 15 is 0 Å². The second-order valence-electron chi connectivity index (χ2n) is 7.65. The second-order valence-corrected chi connectivity index (χ2v) is 9.59. The molecule has 1 fully saturated rings. The molecule has 2 aromatic carbocycles. The lowest BCUT2D eigenvalue weighted by Gasteiger charge is -2.35. The van der Waals surface area contributed by atoms with Gasteiger partial charge in [-0.3, -0.25) is 10.1 Å². The predicted octanol–water partition coefficient (Wildman–Crippen LogP) is 2.61. The highest BCUT2D eigenvalue weighted by molar-refractivity contribution is 7.89. The Hall–Kier alpha value is -3.57. The molecular formula is C21H20N6O4S. The van der Waals surface area contributed by atoms with Crippen LogP contribution in [0.2, 0.25) is 0 Å². The average Bonchev–Trinajstić information content (AvgIpc) is 3.19. The van der Waals surface area contributed by atoms with Crippen LogP contribution in [0.1, 0.15) is 5.69 Å². The molecule has 11 heteroatoms. The van der Waals surface area contributed by atoms with E-state index in [1.807, 2.05) is 41.8 Å². The first-order chi connectivity index (χ1) is 15.3. The highest BCUT2D eigenvalue weighted by Gasteiger charge is 2.30. The van der Waals surface area contributed by atoms with E-state index in [4.69, 9.17) is 4.98 Å². The normalized spacial score (nSPS) is 15.5. The van der Waals surface area contributed by atoms with Gasteiger partial charge in [0, 0.05) is 49.8 Å². The maximum atomic E-state index is 13.1. The first-order valence-corrected chi connectivity index (χ1v) is 11.5. The van der Waals surface area contributed by atoms with Gasteiger partial charge in [0.25, 0.3) is 5.69 Å². The van der Waals surface area contributed by atoms with Gasteiger partial charge in [-0.1, -0.05) is 18.2 Å². The number of nitro benzene ring substituents is 1. The standard InChI is InChI=1S/C21H20N6O4S/c1-15-13-20-22-21(18-7-2-3-8-19(18)26(20)23-15)24-9-11-25(12-10-24)32(30,31)17-6-4-5-16(14-17)27(28)29/h2-8,13-14H,9-12H2,1H3. The molecule has 10 nitrogen and oxygen atoms in total. The summed E-state index contributed by atoms with van der Waals surface area (Å²) in [5.41, 5.74) is 2.30. The van der Waals surface area contributed by atoms with Gasteiger partial charge in [0.2, 0.25) is 10.0 Å². The molecule has 0 bridgehead atoms. The molecule has 1 aliphatic heterocycles. The van der Waals surface area contributed by atoms with Crippen molar-refractivity contribution in [2.45, 2.75) is 11.8 Å². The van der Waals surface area contributed by atoms with Gasteiger partial charge in [-0.2, -0.15) is 9.40 Å². The van der Waals surface area contributed by atoms with Crippen molar-refractivity contribution in [1.82, 2.24) is 18.9 Å². The molecule has 1 aliphatic rings. The molecule has 0 saturated carbocycles. The van der Waals surface area contributed by atoms with E-state index < -0.39 is 14.9 Å². The van der Waals surface area contributed by atoms with Crippen molar-refractivity contribution in [3.8, 4) is 0 Å². The van der Waals surface area contributed by atoms with Crippen molar-refractivity contribution in [3.05, 3.63) is 70.4 Å². The third-order valence-corrected chi connectivity index (χ3v) is 7.51. The van der Waals surface area contributed by atoms with Crippen LogP contribution in [0.25, 0.3) is 16.6 Å². The molecule has 5 rings (SSSR count). The quantitative estimate of drug-likeness (QED) is 0.345. The zero-order valence-corrected chi connectivity index (χ0v) is 18.1. The Bertz CT molecular complexity index is 1460. The van der Waals surface area contributed by atoms with Gasteiger partial charge < -0.3 is 4.90 Å². The van der Waals surface area contributed by atoms with E-state index in [9.17, 15) is 18.5 Å². The van der Waals surface area contributed by atoms with Gasteiger partial charge in [-0.25, -0.2) is 17.9 Å². The van der Waals surface area contributed by atoms with Crippen molar-refractivity contribution >= 4 is 38.1 Å². The largest absolute Gasteiger partial charge is 0.353 e. The van der Waals surface area contributed by atoms with Crippen LogP contribution in [0.5, 0.6) is 0 Å². The first-order valence-electron chi connectivity index (χ1n) is 10.1. The van der Waals surface area contributed by atoms with Crippen LogP contribution >= 0.6 is 0 Å². The number of nitro groups is 1. The topological polar surface area (TPSA) is 114 Å². The summed E-state index contributed by atoms with van der Waals surface area (Å²) < 4.78 is 29.3. The molecule has 0 aliphatic carbocycles. The highest BCUT2D eigenvalue weighted by Crippen LogP contribution is 2.28. The van der Waals surface area contributed by atoms with E-state index in [0.717, 1.165) is 34.1 Å². The van der Waals surface area contributed by atoms with Crippen molar-refractivity contribution in [3.63, 3.8) is 0 Å². The smallest absolute Gasteiger partial charge is 0.270 e. The first kappa shape index (κ1) is 20.3. The molecule has 164 valence electrons. The Balaban J connectivity index is 1.44. The molecule has 1 saturated heterocycles. The van der Waals surface area contributed by atoms with Crippen molar-refractivity contribution in [2.75, 3.05) is 31.1 Å². The highest BCUT2D eigenvalue weighted by atomic mass is 32.2. The summed E-state index contributed by atoms with van der Waals surface area (Å²) in [6.45, 7) is 3.33. The Kier molecular flexibility index (Phi) is 4.79. The molecular weight excluding hydrogens is 432 g/mol. The summed E-state index contributed by atoms with van der Waals surface area (Å²) in [6, 6.07) is 14.9. The molecule has 32 heavy (non-hydrogen) atoms. The van der Waals surface area contributed by atoms with E-state index in [0.29, 0.717) is 13.1 Å². The van der Waals surface area contributed by atoms with E-state index in [-0.39, 0.29) is 23.7 Å². The number of fused-ring (bicyclic) bond motifs is 3. The van der Waals surface area contributed by atoms with Crippen LogP contribution in [-0.2, 0) is 10.0 Å². The SMILES string of the molecule is Cc1cc2nc(N3CCN(S(=O)(=O)c4cccc([N+](=O)[O-])c4)CC3)c3ccccc3n2n1. The number of non-ortho nitro benzene ring substituents is 1. The molecule has 0 atom stereocenters. The Morgan fingerprint density at radius 2 is 1.75 bits per heavy atom. The molecule has 4 aromatic rings. The third-order valence-electron chi connectivity index (χ3n) is 5.61. The summed E-state index contributed by atoms with van der Waals surface area (Å²) in [5.74, 6) is 0.792. The zero-order valence-electron chi connectivity index (χ0n) is 17.2. The van der Waals surface area contributed by atoms with Crippen LogP contribution in [0.3, 0.4) is 0 Å². The number of piperazine rings is 1. The number of benzene rings is 2. The van der Waals surface area contributed by atoms with E-state index in [1.165, 1.54) is 22.5 Å². The summed E-state index contributed by atoms with van der Waals surface area (Å²) in [6.07, 6.45) is 0. The number of hydrogen-bond acceptors (Lipinski definition) is 7. The fourth-order valence-electron chi connectivity index (χ4n) is 4.05. The number of aromatic nitrogens is 3. The molecule has 0 N–H and O–H groups in total. The lowest BCUT2D eigenvalue weighted by molar-refractivity contribution is -0.385. The Morgan fingerprint density at radius 3 is 2.50 bits per heavy atom. The fraction of sp³-hybridized carbons (Fsp3) is 0.238. The Labute approximate surface area is 183 Å². The minimum absolute atomic E-state index is 0.0696. The number of rotatable bonds is 4. The van der Waals surface area contributed by atoms with Crippen molar-refractivity contribution < 1.29 is 13.3 Å². The number of nitrogens with zero attached hydrogens (tertiary/aromatic N) is 6. The maximum Gasteiger partial charge on any atom is 0.270 e. The van der Waals surface area contributed by atoms with Crippen molar-refractivity contribution in [2.24, 2.45) is 0 Å². The molecule has 0 radical (unpaired) electrons. The van der Waals surface area contributed by atoms with Gasteiger partial charge >= 0.3 is 0 Å². The van der Waals surface area contributed by atoms with Gasteiger partial charge in [-0.15, -0.1) is 0 Å². The lowest BCUT2D eigenvalue weighted by Crippen LogP contribution is -2.49. The summed E-state index contributed by atoms with van der Waals surface area (Å²) in [4.78, 5) is 17.3. The van der Waals surface area contributed by atoms with Crippen LogP contribution in [0.4, 0.5) is 11.5 Å². The van der Waals surface area contributed by atoms with Crippen LogP contribution < -0.4 is 4.90 Å². The van der Waals surface area contributed by atoms with E-state index in [1.54, 1.807) is 0 Å². The van der Waals surface area contributed by atoms with Gasteiger partial charge in [0.15, 0.2) is 5.65 Å². The number of para-hydroxylation sites is 1. The zero-order chi connectivity index (χ0) is 22.5. The summed E-state index contributed by atoms with van der Waals surface area (Å²) >= 11 is 0. The average molecular weight is 452 g/mol. The molecule has 0 unspecified atom stereocenters. The van der Waals surface area contributed by atoms with Crippen LogP contribution in [0.15, 0.2) is 59.5 Å². The summed E-state index contributed by atoms with van der Waals surface area (Å²) in [7, 11) is -3.83. The predicted molar refractivity (Wildman–Crippen MR) is 119 cm³/mol. The lowest BCUT2D eigenvalue weighted by atomic mass is 10.2. The van der Waals surface area contributed by atoms with Crippen molar-refractivity contribution in [1.29, 1.82) is 0 Å². The number of anilines is 1.